The average Bonchev–Trinajstić information content (AvgIpc) is 3.39. The Bertz CT molecular complexity index is 1830. The number of carbonyl (C=O) groups is 1. The van der Waals surface area contributed by atoms with Crippen LogP contribution in [0.3, 0.4) is 0 Å². The smallest absolute Gasteiger partial charge is 0.268 e. The van der Waals surface area contributed by atoms with Gasteiger partial charge >= 0.3 is 0 Å². The minimum Gasteiger partial charge on any atom is -0.497 e. The van der Waals surface area contributed by atoms with Crippen LogP contribution >= 0.6 is 11.8 Å². The van der Waals surface area contributed by atoms with Crippen LogP contribution in [0.25, 0.3) is 10.9 Å². The third-order valence-electron chi connectivity index (χ3n) is 6.68. The molecule has 0 atom stereocenters. The molecule has 1 heterocycles. The SMILES string of the molecule is COc1ccc(COCc2c(Sc3cccc(C(C)=O)c3)c(F)cc3c2ccn3S(=O)(=O)c2ccc(C)cc2)cc1. The van der Waals surface area contributed by atoms with E-state index in [1.54, 1.807) is 49.6 Å². The maximum Gasteiger partial charge on any atom is 0.268 e. The first kappa shape index (κ1) is 28.6. The summed E-state index contributed by atoms with van der Waals surface area (Å²) in [4.78, 5) is 13.0. The van der Waals surface area contributed by atoms with Gasteiger partial charge in [0.25, 0.3) is 10.0 Å². The summed E-state index contributed by atoms with van der Waals surface area (Å²) in [5, 5.41) is 0.557. The number of ether oxygens (including phenoxy) is 2. The molecule has 0 fully saturated rings. The predicted molar refractivity (Wildman–Crippen MR) is 158 cm³/mol. The van der Waals surface area contributed by atoms with Crippen LogP contribution in [-0.2, 0) is 28.0 Å². The number of methoxy groups -OCH3 is 1. The van der Waals surface area contributed by atoms with Gasteiger partial charge in [-0.25, -0.2) is 16.8 Å². The van der Waals surface area contributed by atoms with E-state index >= 15 is 4.39 Å². The molecule has 0 spiro atoms. The van der Waals surface area contributed by atoms with Crippen LogP contribution in [-0.4, -0.2) is 25.3 Å². The molecule has 5 aromatic rings. The number of halogens is 1. The van der Waals surface area contributed by atoms with Crippen LogP contribution in [0.1, 0.15) is 34.0 Å². The van der Waals surface area contributed by atoms with Gasteiger partial charge in [0.15, 0.2) is 5.78 Å². The van der Waals surface area contributed by atoms with Crippen molar-refractivity contribution in [3.63, 3.8) is 0 Å². The van der Waals surface area contributed by atoms with E-state index in [0.717, 1.165) is 20.8 Å². The number of benzene rings is 4. The van der Waals surface area contributed by atoms with Crippen molar-refractivity contribution in [3.05, 3.63) is 119 Å². The van der Waals surface area contributed by atoms with Crippen molar-refractivity contribution in [3.8, 4) is 5.75 Å². The van der Waals surface area contributed by atoms with E-state index < -0.39 is 15.8 Å². The molecule has 0 unspecified atom stereocenters. The molecule has 1 aromatic heterocycles. The van der Waals surface area contributed by atoms with Gasteiger partial charge in [0.2, 0.25) is 0 Å². The molecule has 0 radical (unpaired) electrons. The van der Waals surface area contributed by atoms with Gasteiger partial charge in [0.05, 0.1) is 35.6 Å². The van der Waals surface area contributed by atoms with Crippen molar-refractivity contribution in [2.45, 2.75) is 41.7 Å². The zero-order valence-corrected chi connectivity index (χ0v) is 24.4. The van der Waals surface area contributed by atoms with Crippen LogP contribution in [0.15, 0.2) is 106 Å². The molecule has 5 rings (SSSR count). The topological polar surface area (TPSA) is 74.6 Å². The predicted octanol–water partition coefficient (Wildman–Crippen LogP) is 7.41. The average molecular weight is 590 g/mol. The fraction of sp³-hybridized carbons (Fsp3) is 0.156. The first-order valence-corrected chi connectivity index (χ1v) is 15.1. The van der Waals surface area contributed by atoms with Crippen molar-refractivity contribution in [2.75, 3.05) is 7.11 Å². The van der Waals surface area contributed by atoms with Gasteiger partial charge in [-0.1, -0.05) is 53.7 Å². The molecule has 0 bridgehead atoms. The van der Waals surface area contributed by atoms with Gasteiger partial charge in [0, 0.05) is 33.7 Å². The molecule has 0 aliphatic heterocycles. The Kier molecular flexibility index (Phi) is 8.30. The second-order valence-corrected chi connectivity index (χ2v) is 12.5. The fourth-order valence-corrected chi connectivity index (χ4v) is 6.81. The normalized spacial score (nSPS) is 11.6. The monoisotopic (exact) mass is 589 g/mol. The highest BCUT2D eigenvalue weighted by atomic mass is 32.2. The lowest BCUT2D eigenvalue weighted by atomic mass is 10.1. The number of fused-ring (bicyclic) bond motifs is 1. The zero-order valence-electron chi connectivity index (χ0n) is 22.8. The molecular weight excluding hydrogens is 561 g/mol. The van der Waals surface area contributed by atoms with Crippen molar-refractivity contribution >= 4 is 38.5 Å². The number of aryl methyl sites for hydroxylation is 1. The number of aromatic nitrogens is 1. The van der Waals surface area contributed by atoms with E-state index in [1.807, 2.05) is 31.2 Å². The number of ketones is 1. The molecule has 9 heteroatoms. The molecule has 0 amide bonds. The highest BCUT2D eigenvalue weighted by Crippen LogP contribution is 2.39. The summed E-state index contributed by atoms with van der Waals surface area (Å²) in [5.74, 6) is 0.0471. The molecule has 0 N–H and O–H groups in total. The summed E-state index contributed by atoms with van der Waals surface area (Å²) in [6.07, 6.45) is 1.44. The minimum atomic E-state index is -3.98. The number of hydrogen-bond donors (Lipinski definition) is 0. The van der Waals surface area contributed by atoms with Crippen LogP contribution in [0.4, 0.5) is 4.39 Å². The summed E-state index contributed by atoms with van der Waals surface area (Å²) in [6, 6.07) is 23.8. The first-order chi connectivity index (χ1) is 19.7. The van der Waals surface area contributed by atoms with Crippen molar-refractivity contribution in [1.82, 2.24) is 3.97 Å². The van der Waals surface area contributed by atoms with Crippen LogP contribution in [0, 0.1) is 12.7 Å². The second-order valence-electron chi connectivity index (χ2n) is 9.56. The molecule has 6 nitrogen and oxygen atoms in total. The first-order valence-electron chi connectivity index (χ1n) is 12.8. The standard InChI is InChI=1S/C32H28FNO5S2/c1-21-7-13-27(14-8-21)41(36,37)34-16-15-28-29(20-39-19-23-9-11-25(38-3)12-10-23)32(30(33)18-31(28)34)40-26-6-4-5-24(17-26)22(2)35/h4-18H,19-20H2,1-3H3. The summed E-state index contributed by atoms with van der Waals surface area (Å²) < 4.78 is 55.3. The van der Waals surface area contributed by atoms with Gasteiger partial charge in [-0.2, -0.15) is 0 Å². The highest BCUT2D eigenvalue weighted by Gasteiger charge is 2.23. The summed E-state index contributed by atoms with van der Waals surface area (Å²) >= 11 is 1.17. The van der Waals surface area contributed by atoms with Crippen LogP contribution < -0.4 is 4.74 Å². The molecule has 4 aromatic carbocycles. The van der Waals surface area contributed by atoms with Gasteiger partial charge in [0.1, 0.15) is 11.6 Å². The Morgan fingerprint density at radius 2 is 1.68 bits per heavy atom. The molecule has 41 heavy (non-hydrogen) atoms. The van der Waals surface area contributed by atoms with Gasteiger partial charge < -0.3 is 9.47 Å². The molecule has 0 aliphatic carbocycles. The number of Topliss-reactive ketones (excluding diaryl/α,β-unsaturated/α-hetero) is 1. The Morgan fingerprint density at radius 1 is 0.951 bits per heavy atom. The Morgan fingerprint density at radius 3 is 2.37 bits per heavy atom. The van der Waals surface area contributed by atoms with Crippen molar-refractivity contribution < 1.29 is 27.1 Å². The summed E-state index contributed by atoms with van der Waals surface area (Å²) in [5.41, 5.74) is 3.09. The number of rotatable bonds is 10. The van der Waals surface area contributed by atoms with Crippen molar-refractivity contribution in [1.29, 1.82) is 0 Å². The van der Waals surface area contributed by atoms with Crippen LogP contribution in [0.2, 0.25) is 0 Å². The van der Waals surface area contributed by atoms with Gasteiger partial charge in [-0.05, 0) is 61.9 Å². The maximum atomic E-state index is 15.9. The van der Waals surface area contributed by atoms with E-state index in [2.05, 4.69) is 0 Å². The Hall–Kier alpha value is -3.92. The van der Waals surface area contributed by atoms with E-state index in [4.69, 9.17) is 9.47 Å². The third-order valence-corrected chi connectivity index (χ3v) is 9.52. The lowest BCUT2D eigenvalue weighted by Gasteiger charge is -2.15. The largest absolute Gasteiger partial charge is 0.497 e. The number of nitrogens with zero attached hydrogens (tertiary/aromatic N) is 1. The van der Waals surface area contributed by atoms with E-state index in [1.165, 1.54) is 43.1 Å². The summed E-state index contributed by atoms with van der Waals surface area (Å²) in [6.45, 7) is 3.64. The third kappa shape index (κ3) is 6.07. The Balaban J connectivity index is 1.57. The molecule has 0 aliphatic rings. The number of hydrogen-bond acceptors (Lipinski definition) is 6. The quantitative estimate of drug-likeness (QED) is 0.158. The van der Waals surface area contributed by atoms with Gasteiger partial charge in [-0.3, -0.25) is 4.79 Å². The zero-order chi connectivity index (χ0) is 29.1. The van der Waals surface area contributed by atoms with E-state index in [9.17, 15) is 13.2 Å². The molecule has 210 valence electrons. The maximum absolute atomic E-state index is 15.9. The fourth-order valence-electron chi connectivity index (χ4n) is 4.45. The Labute approximate surface area is 242 Å². The lowest BCUT2D eigenvalue weighted by Crippen LogP contribution is -2.12. The van der Waals surface area contributed by atoms with Crippen LogP contribution in [0.5, 0.6) is 5.75 Å². The summed E-state index contributed by atoms with van der Waals surface area (Å²) in [7, 11) is -2.38. The molecular formula is C32H28FNO5S2. The lowest BCUT2D eigenvalue weighted by molar-refractivity contribution is 0.101. The molecule has 0 saturated carbocycles. The highest BCUT2D eigenvalue weighted by molar-refractivity contribution is 7.99. The number of carbonyl (C=O) groups excluding carboxylic acids is 1. The van der Waals surface area contributed by atoms with E-state index in [0.29, 0.717) is 26.3 Å². The van der Waals surface area contributed by atoms with Gasteiger partial charge in [-0.15, -0.1) is 0 Å². The van der Waals surface area contributed by atoms with Crippen molar-refractivity contribution in [2.24, 2.45) is 0 Å². The van der Waals surface area contributed by atoms with E-state index in [-0.39, 0.29) is 29.4 Å². The molecule has 0 saturated heterocycles. The minimum absolute atomic E-state index is 0.0314. The second kappa shape index (κ2) is 11.9.